The number of anilines is 1. The third kappa shape index (κ3) is 2.40. The van der Waals surface area contributed by atoms with E-state index in [0.29, 0.717) is 17.5 Å². The van der Waals surface area contributed by atoms with Gasteiger partial charge in [0.25, 0.3) is 0 Å². The second-order valence-electron chi connectivity index (χ2n) is 5.26. The van der Waals surface area contributed by atoms with E-state index >= 15 is 0 Å². The highest BCUT2D eigenvalue weighted by molar-refractivity contribution is 5.50. The lowest BCUT2D eigenvalue weighted by Crippen LogP contribution is -2.39. The summed E-state index contributed by atoms with van der Waals surface area (Å²) >= 11 is 0. The van der Waals surface area contributed by atoms with Crippen LogP contribution < -0.4 is 11.0 Å². The molecule has 2 N–H and O–H groups in total. The van der Waals surface area contributed by atoms with Crippen molar-refractivity contribution in [3.63, 3.8) is 0 Å². The molecule has 0 spiro atoms. The molecule has 2 aromatic heterocycles. The predicted octanol–water partition coefficient (Wildman–Crippen LogP) is 0.622. The topological polar surface area (TPSA) is 78.3 Å². The van der Waals surface area contributed by atoms with Crippen molar-refractivity contribution in [2.75, 3.05) is 25.0 Å². The minimum atomic E-state index is -0.243. The summed E-state index contributed by atoms with van der Waals surface area (Å²) in [5, 5.41) is 9.90. The van der Waals surface area contributed by atoms with E-state index in [1.54, 1.807) is 0 Å². The number of fused-ring (bicyclic) bond motifs is 1. The largest absolute Gasteiger partial charge is 0.367 e. The van der Waals surface area contributed by atoms with Crippen LogP contribution in [0.2, 0.25) is 0 Å². The van der Waals surface area contributed by atoms with Gasteiger partial charge in [0.05, 0.1) is 0 Å². The number of aryl methyl sites for hydroxylation is 1. The van der Waals surface area contributed by atoms with Crippen molar-refractivity contribution in [2.45, 2.75) is 32.7 Å². The number of aromatic nitrogens is 4. The Balaban J connectivity index is 1.77. The Bertz CT molecular complexity index is 652. The molecule has 1 aliphatic heterocycles. The van der Waals surface area contributed by atoms with Crippen LogP contribution in [0.25, 0.3) is 5.65 Å². The summed E-state index contributed by atoms with van der Waals surface area (Å²) in [5.41, 5.74) is 0.365. The second kappa shape index (κ2) is 5.24. The average molecular weight is 276 g/mol. The summed E-state index contributed by atoms with van der Waals surface area (Å²) in [5.74, 6) is 1.44. The van der Waals surface area contributed by atoms with Gasteiger partial charge in [0.2, 0.25) is 0 Å². The van der Waals surface area contributed by atoms with E-state index in [0.717, 1.165) is 38.3 Å². The third-order valence-corrected chi connectivity index (χ3v) is 3.96. The SMILES string of the molecule is CCN1CCC(Nc2cc3n[nH]c(=O)n3c(C)n2)CC1. The number of nitrogens with one attached hydrogen (secondary N) is 2. The molecule has 0 amide bonds. The van der Waals surface area contributed by atoms with E-state index in [-0.39, 0.29) is 5.69 Å². The van der Waals surface area contributed by atoms with Gasteiger partial charge in [-0.1, -0.05) is 6.92 Å². The summed E-state index contributed by atoms with van der Waals surface area (Å²) in [6.07, 6.45) is 2.24. The minimum absolute atomic E-state index is 0.243. The predicted molar refractivity (Wildman–Crippen MR) is 77.1 cm³/mol. The fourth-order valence-electron chi connectivity index (χ4n) is 2.77. The van der Waals surface area contributed by atoms with Crippen molar-refractivity contribution < 1.29 is 0 Å². The number of likely N-dealkylation sites (tertiary alicyclic amines) is 1. The maximum absolute atomic E-state index is 11.5. The second-order valence-corrected chi connectivity index (χ2v) is 5.26. The molecule has 0 aromatic carbocycles. The van der Waals surface area contributed by atoms with Crippen LogP contribution in [0, 0.1) is 6.92 Å². The first-order chi connectivity index (χ1) is 9.67. The van der Waals surface area contributed by atoms with Crippen LogP contribution >= 0.6 is 0 Å². The molecular weight excluding hydrogens is 256 g/mol. The van der Waals surface area contributed by atoms with Gasteiger partial charge in [-0.3, -0.25) is 0 Å². The Morgan fingerprint density at radius 2 is 2.20 bits per heavy atom. The molecule has 0 bridgehead atoms. The highest BCUT2D eigenvalue weighted by Crippen LogP contribution is 2.16. The molecule has 2 aromatic rings. The summed E-state index contributed by atoms with van der Waals surface area (Å²) < 4.78 is 1.48. The number of H-pyrrole nitrogens is 1. The van der Waals surface area contributed by atoms with Crippen molar-refractivity contribution in [2.24, 2.45) is 0 Å². The molecule has 0 atom stereocenters. The molecule has 108 valence electrons. The first-order valence-electron chi connectivity index (χ1n) is 7.11. The van der Waals surface area contributed by atoms with Crippen LogP contribution in [0.4, 0.5) is 5.82 Å². The molecule has 0 aliphatic carbocycles. The normalized spacial score (nSPS) is 17.7. The zero-order valence-corrected chi connectivity index (χ0v) is 11.9. The molecule has 20 heavy (non-hydrogen) atoms. The highest BCUT2D eigenvalue weighted by atomic mass is 16.1. The fourth-order valence-corrected chi connectivity index (χ4v) is 2.77. The molecule has 1 aliphatic rings. The van der Waals surface area contributed by atoms with Crippen molar-refractivity contribution in [3.8, 4) is 0 Å². The van der Waals surface area contributed by atoms with Crippen molar-refractivity contribution >= 4 is 11.5 Å². The number of piperidine rings is 1. The van der Waals surface area contributed by atoms with Gasteiger partial charge in [0.1, 0.15) is 11.6 Å². The summed E-state index contributed by atoms with van der Waals surface area (Å²) in [6, 6.07) is 2.26. The van der Waals surface area contributed by atoms with E-state index in [2.05, 4.69) is 32.3 Å². The average Bonchev–Trinajstić information content (AvgIpc) is 2.81. The summed E-state index contributed by atoms with van der Waals surface area (Å²) in [4.78, 5) is 18.4. The summed E-state index contributed by atoms with van der Waals surface area (Å²) in [7, 11) is 0. The lowest BCUT2D eigenvalue weighted by molar-refractivity contribution is 0.229. The van der Waals surface area contributed by atoms with Gasteiger partial charge < -0.3 is 10.2 Å². The zero-order chi connectivity index (χ0) is 14.1. The van der Waals surface area contributed by atoms with E-state index in [9.17, 15) is 4.79 Å². The highest BCUT2D eigenvalue weighted by Gasteiger charge is 2.18. The number of hydrogen-bond donors (Lipinski definition) is 2. The van der Waals surface area contributed by atoms with Crippen molar-refractivity contribution in [3.05, 3.63) is 22.4 Å². The van der Waals surface area contributed by atoms with Crippen LogP contribution in [-0.2, 0) is 0 Å². The third-order valence-electron chi connectivity index (χ3n) is 3.96. The smallest absolute Gasteiger partial charge is 0.349 e. The number of nitrogens with zero attached hydrogens (tertiary/aromatic N) is 4. The molecule has 7 heteroatoms. The van der Waals surface area contributed by atoms with Crippen molar-refractivity contribution in [1.82, 2.24) is 24.5 Å². The maximum atomic E-state index is 11.5. The van der Waals surface area contributed by atoms with Gasteiger partial charge in [-0.2, -0.15) is 5.10 Å². The molecular formula is C13H20N6O. The molecule has 3 heterocycles. The standard InChI is InChI=1S/C13H20N6O/c1-3-18-6-4-10(5-7-18)15-11-8-12-16-17-13(20)19(12)9(2)14-11/h8,10,15H,3-7H2,1-2H3,(H,17,20). The quantitative estimate of drug-likeness (QED) is 0.859. The lowest BCUT2D eigenvalue weighted by Gasteiger charge is -2.31. The van der Waals surface area contributed by atoms with E-state index in [1.807, 2.05) is 13.0 Å². The van der Waals surface area contributed by atoms with Crippen LogP contribution in [0.5, 0.6) is 0 Å². The van der Waals surface area contributed by atoms with Crippen LogP contribution in [0.3, 0.4) is 0 Å². The van der Waals surface area contributed by atoms with Gasteiger partial charge in [-0.05, 0) is 26.3 Å². The van der Waals surface area contributed by atoms with Gasteiger partial charge in [0.15, 0.2) is 5.65 Å². The number of aromatic amines is 1. The van der Waals surface area contributed by atoms with Crippen molar-refractivity contribution in [1.29, 1.82) is 0 Å². The molecule has 1 saturated heterocycles. The first kappa shape index (κ1) is 13.1. The number of rotatable bonds is 3. The molecule has 0 saturated carbocycles. The minimum Gasteiger partial charge on any atom is -0.367 e. The molecule has 0 unspecified atom stereocenters. The molecule has 7 nitrogen and oxygen atoms in total. The monoisotopic (exact) mass is 276 g/mol. The van der Waals surface area contributed by atoms with Crippen LogP contribution in [-0.4, -0.2) is 50.2 Å². The van der Waals surface area contributed by atoms with Crippen LogP contribution in [0.1, 0.15) is 25.6 Å². The fraction of sp³-hybridized carbons (Fsp3) is 0.615. The first-order valence-corrected chi connectivity index (χ1v) is 7.11. The molecule has 0 radical (unpaired) electrons. The van der Waals surface area contributed by atoms with E-state index in [1.165, 1.54) is 4.40 Å². The van der Waals surface area contributed by atoms with E-state index < -0.39 is 0 Å². The Labute approximate surface area is 117 Å². The van der Waals surface area contributed by atoms with E-state index in [4.69, 9.17) is 0 Å². The Hall–Kier alpha value is -1.89. The Morgan fingerprint density at radius 3 is 2.90 bits per heavy atom. The Morgan fingerprint density at radius 1 is 1.45 bits per heavy atom. The van der Waals surface area contributed by atoms with Gasteiger partial charge >= 0.3 is 5.69 Å². The number of hydrogen-bond acceptors (Lipinski definition) is 5. The summed E-state index contributed by atoms with van der Waals surface area (Å²) in [6.45, 7) is 7.37. The van der Waals surface area contributed by atoms with Gasteiger partial charge in [0, 0.05) is 25.2 Å². The lowest BCUT2D eigenvalue weighted by atomic mass is 10.1. The Kier molecular flexibility index (Phi) is 3.43. The van der Waals surface area contributed by atoms with Gasteiger partial charge in [-0.15, -0.1) is 0 Å². The maximum Gasteiger partial charge on any atom is 0.349 e. The van der Waals surface area contributed by atoms with Gasteiger partial charge in [-0.25, -0.2) is 19.3 Å². The molecule has 3 rings (SSSR count). The molecule has 1 fully saturated rings. The zero-order valence-electron chi connectivity index (χ0n) is 11.9. The van der Waals surface area contributed by atoms with Crippen LogP contribution in [0.15, 0.2) is 10.9 Å².